The summed E-state index contributed by atoms with van der Waals surface area (Å²) in [5, 5.41) is 21.9. The Hall–Kier alpha value is -1.77. The molecule has 2 rings (SSSR count). The van der Waals surface area contributed by atoms with E-state index >= 15 is 0 Å². The van der Waals surface area contributed by atoms with E-state index in [9.17, 15) is 4.79 Å². The van der Waals surface area contributed by atoms with E-state index in [1.54, 1.807) is 12.1 Å². The van der Waals surface area contributed by atoms with Crippen LogP contribution in [0.25, 0.3) is 0 Å². The standard InChI is InChI=1S/C15H18ClN3O2/c1-2-19(9-15(20)21)13-6-12(7-13)18-14-4-3-11(16)5-10(14)8-17/h3-5,12-13,18H,2,6-7,9H2,1H3,(H,20,21). The molecule has 1 fully saturated rings. The third-order valence-corrected chi connectivity index (χ3v) is 4.07. The zero-order chi connectivity index (χ0) is 15.4. The van der Waals surface area contributed by atoms with Crippen molar-refractivity contribution >= 4 is 23.3 Å². The number of carboxylic acid groups (broad SMARTS) is 1. The number of carbonyl (C=O) groups is 1. The van der Waals surface area contributed by atoms with Gasteiger partial charge in [0.2, 0.25) is 0 Å². The van der Waals surface area contributed by atoms with E-state index in [0.29, 0.717) is 16.6 Å². The number of hydrogen-bond donors (Lipinski definition) is 2. The van der Waals surface area contributed by atoms with E-state index in [1.165, 1.54) is 0 Å². The van der Waals surface area contributed by atoms with Gasteiger partial charge in [-0.1, -0.05) is 18.5 Å². The van der Waals surface area contributed by atoms with Gasteiger partial charge in [-0.15, -0.1) is 0 Å². The van der Waals surface area contributed by atoms with Gasteiger partial charge in [0, 0.05) is 17.1 Å². The van der Waals surface area contributed by atoms with E-state index in [2.05, 4.69) is 11.4 Å². The minimum Gasteiger partial charge on any atom is -0.480 e. The fraction of sp³-hybridized carbons (Fsp3) is 0.467. The number of aliphatic carboxylic acids is 1. The van der Waals surface area contributed by atoms with E-state index < -0.39 is 5.97 Å². The third kappa shape index (κ3) is 3.87. The predicted molar refractivity (Wildman–Crippen MR) is 81.5 cm³/mol. The third-order valence-electron chi connectivity index (χ3n) is 3.84. The second kappa shape index (κ2) is 6.79. The van der Waals surface area contributed by atoms with Gasteiger partial charge in [-0.25, -0.2) is 0 Å². The number of nitrogens with zero attached hydrogens (tertiary/aromatic N) is 2. The smallest absolute Gasteiger partial charge is 0.317 e. The summed E-state index contributed by atoms with van der Waals surface area (Å²) in [6, 6.07) is 7.89. The molecule has 0 bridgehead atoms. The lowest BCUT2D eigenvalue weighted by Gasteiger charge is -2.42. The van der Waals surface area contributed by atoms with Crippen LogP contribution in [0.3, 0.4) is 0 Å². The van der Waals surface area contributed by atoms with Gasteiger partial charge in [0.25, 0.3) is 0 Å². The maximum absolute atomic E-state index is 10.8. The predicted octanol–water partition coefficient (Wildman–Crippen LogP) is 2.56. The second-order valence-electron chi connectivity index (χ2n) is 5.23. The van der Waals surface area contributed by atoms with Crippen LogP contribution in [0.1, 0.15) is 25.3 Å². The number of rotatable bonds is 6. The van der Waals surface area contributed by atoms with Crippen molar-refractivity contribution in [1.29, 1.82) is 5.26 Å². The normalized spacial score (nSPS) is 20.7. The largest absolute Gasteiger partial charge is 0.480 e. The Kier molecular flexibility index (Phi) is 5.05. The van der Waals surface area contributed by atoms with Crippen LogP contribution in [-0.2, 0) is 4.79 Å². The Balaban J connectivity index is 1.91. The fourth-order valence-corrected chi connectivity index (χ4v) is 2.80. The molecule has 2 N–H and O–H groups in total. The first-order chi connectivity index (χ1) is 10.0. The van der Waals surface area contributed by atoms with Gasteiger partial charge < -0.3 is 10.4 Å². The minimum absolute atomic E-state index is 0.0816. The van der Waals surface area contributed by atoms with Crippen molar-refractivity contribution in [3.05, 3.63) is 28.8 Å². The summed E-state index contributed by atoms with van der Waals surface area (Å²) >= 11 is 5.87. The Labute approximate surface area is 129 Å². The minimum atomic E-state index is -0.794. The molecule has 0 saturated heterocycles. The van der Waals surface area contributed by atoms with Gasteiger partial charge in [0.05, 0.1) is 17.8 Å². The summed E-state index contributed by atoms with van der Waals surface area (Å²) in [5.41, 5.74) is 1.32. The molecule has 1 saturated carbocycles. The lowest BCUT2D eigenvalue weighted by molar-refractivity contribution is -0.139. The Bertz CT molecular complexity index is 565. The van der Waals surface area contributed by atoms with Crippen molar-refractivity contribution < 1.29 is 9.90 Å². The first kappa shape index (κ1) is 15.6. The Morgan fingerprint density at radius 2 is 2.29 bits per heavy atom. The fourth-order valence-electron chi connectivity index (χ4n) is 2.63. The van der Waals surface area contributed by atoms with Crippen LogP contribution in [-0.4, -0.2) is 41.1 Å². The monoisotopic (exact) mass is 307 g/mol. The van der Waals surface area contributed by atoms with Crippen molar-refractivity contribution in [2.24, 2.45) is 0 Å². The molecule has 0 atom stereocenters. The molecule has 0 aliphatic heterocycles. The van der Waals surface area contributed by atoms with Crippen molar-refractivity contribution in [1.82, 2.24) is 4.90 Å². The maximum atomic E-state index is 10.8. The molecule has 0 aromatic heterocycles. The van der Waals surface area contributed by atoms with Gasteiger partial charge in [0.1, 0.15) is 6.07 Å². The van der Waals surface area contributed by atoms with Crippen LogP contribution in [0.15, 0.2) is 18.2 Å². The van der Waals surface area contributed by atoms with E-state index in [0.717, 1.165) is 25.1 Å². The summed E-state index contributed by atoms with van der Waals surface area (Å²) in [5.74, 6) is -0.794. The van der Waals surface area contributed by atoms with E-state index in [4.69, 9.17) is 22.0 Å². The summed E-state index contributed by atoms with van der Waals surface area (Å²) in [7, 11) is 0. The van der Waals surface area contributed by atoms with Crippen LogP contribution in [0, 0.1) is 11.3 Å². The molecular formula is C15H18ClN3O2. The first-order valence-electron chi connectivity index (χ1n) is 6.95. The van der Waals surface area contributed by atoms with Crippen molar-refractivity contribution in [2.45, 2.75) is 31.8 Å². The number of anilines is 1. The summed E-state index contributed by atoms with van der Waals surface area (Å²) in [6.45, 7) is 2.78. The molecule has 1 aliphatic carbocycles. The van der Waals surface area contributed by atoms with Crippen LogP contribution < -0.4 is 5.32 Å². The van der Waals surface area contributed by atoms with Gasteiger partial charge in [-0.05, 0) is 37.6 Å². The number of nitrogens with one attached hydrogen (secondary N) is 1. The van der Waals surface area contributed by atoms with Crippen LogP contribution in [0.2, 0.25) is 5.02 Å². The van der Waals surface area contributed by atoms with E-state index in [1.807, 2.05) is 17.9 Å². The molecule has 0 radical (unpaired) electrons. The highest BCUT2D eigenvalue weighted by Gasteiger charge is 2.33. The van der Waals surface area contributed by atoms with Crippen LogP contribution in [0.4, 0.5) is 5.69 Å². The maximum Gasteiger partial charge on any atom is 0.317 e. The molecule has 21 heavy (non-hydrogen) atoms. The lowest BCUT2D eigenvalue weighted by Crippen LogP contribution is -2.51. The van der Waals surface area contributed by atoms with Gasteiger partial charge in [-0.3, -0.25) is 9.69 Å². The van der Waals surface area contributed by atoms with Gasteiger partial charge in [0.15, 0.2) is 0 Å². The zero-order valence-corrected chi connectivity index (χ0v) is 12.6. The highest BCUT2D eigenvalue weighted by molar-refractivity contribution is 6.30. The summed E-state index contributed by atoms with van der Waals surface area (Å²) in [4.78, 5) is 12.8. The van der Waals surface area contributed by atoms with Crippen molar-refractivity contribution in [2.75, 3.05) is 18.4 Å². The molecule has 1 aromatic rings. The molecule has 0 unspecified atom stereocenters. The summed E-state index contributed by atoms with van der Waals surface area (Å²) in [6.07, 6.45) is 1.77. The SMILES string of the molecule is CCN(CC(=O)O)C1CC(Nc2ccc(Cl)cc2C#N)C1. The molecule has 5 nitrogen and oxygen atoms in total. The molecule has 1 aromatic carbocycles. The molecule has 0 amide bonds. The van der Waals surface area contributed by atoms with Gasteiger partial charge in [-0.2, -0.15) is 5.26 Å². The molecule has 0 heterocycles. The summed E-state index contributed by atoms with van der Waals surface area (Å²) < 4.78 is 0. The quantitative estimate of drug-likeness (QED) is 0.844. The molecule has 112 valence electrons. The number of benzene rings is 1. The average Bonchev–Trinajstić information content (AvgIpc) is 2.41. The zero-order valence-electron chi connectivity index (χ0n) is 11.8. The van der Waals surface area contributed by atoms with Crippen molar-refractivity contribution in [3.8, 4) is 6.07 Å². The number of halogens is 1. The molecule has 1 aliphatic rings. The van der Waals surface area contributed by atoms with Crippen LogP contribution >= 0.6 is 11.6 Å². The second-order valence-corrected chi connectivity index (χ2v) is 5.66. The average molecular weight is 308 g/mol. The first-order valence-corrected chi connectivity index (χ1v) is 7.33. The number of hydrogen-bond acceptors (Lipinski definition) is 4. The topological polar surface area (TPSA) is 76.4 Å². The molecular weight excluding hydrogens is 290 g/mol. The number of carboxylic acids is 1. The van der Waals surface area contributed by atoms with Gasteiger partial charge >= 0.3 is 5.97 Å². The molecule has 0 spiro atoms. The van der Waals surface area contributed by atoms with E-state index in [-0.39, 0.29) is 12.6 Å². The Morgan fingerprint density at radius 1 is 1.57 bits per heavy atom. The van der Waals surface area contributed by atoms with Crippen LogP contribution in [0.5, 0.6) is 0 Å². The van der Waals surface area contributed by atoms with Crippen molar-refractivity contribution in [3.63, 3.8) is 0 Å². The lowest BCUT2D eigenvalue weighted by atomic mass is 9.85. The number of likely N-dealkylation sites (N-methyl/N-ethyl adjacent to an activating group) is 1. The Morgan fingerprint density at radius 3 is 2.86 bits per heavy atom. The highest BCUT2D eigenvalue weighted by atomic mass is 35.5. The molecule has 6 heteroatoms. The highest BCUT2D eigenvalue weighted by Crippen LogP contribution is 2.30. The number of nitriles is 1.